The largest absolute Gasteiger partial charge is 0.418 e. The fraction of sp³-hybridized carbons (Fsp3) is 0.222. The minimum Gasteiger partial charge on any atom is -0.392 e. The molecule has 0 aliphatic heterocycles. The minimum absolute atomic E-state index is 0.0804. The molecule has 0 amide bonds. The Morgan fingerprint density at radius 3 is 2.40 bits per heavy atom. The summed E-state index contributed by atoms with van der Waals surface area (Å²) in [5.74, 6) is 0. The Hall–Kier alpha value is -0.810. The predicted octanol–water partition coefficient (Wildman–Crippen LogP) is 2.67. The van der Waals surface area contributed by atoms with E-state index in [0.717, 1.165) is 6.07 Å². The molecule has 1 N–H and O–H groups in total. The van der Waals surface area contributed by atoms with Crippen LogP contribution in [-0.4, -0.2) is 5.11 Å². The Morgan fingerprint density at radius 2 is 2.00 bits per heavy atom. The van der Waals surface area contributed by atoms with Crippen molar-refractivity contribution in [1.29, 1.82) is 5.26 Å². The summed E-state index contributed by atoms with van der Waals surface area (Å²) in [6.07, 6.45) is -4.55. The van der Waals surface area contributed by atoms with E-state index in [2.05, 4.69) is 0 Å². The summed E-state index contributed by atoms with van der Waals surface area (Å²) in [5, 5.41) is 17.4. The van der Waals surface area contributed by atoms with Crippen molar-refractivity contribution in [1.82, 2.24) is 0 Å². The lowest BCUT2D eigenvalue weighted by Gasteiger charge is -2.12. The maximum atomic E-state index is 12.5. The number of nitrogens with zero attached hydrogens (tertiary/aromatic N) is 1. The molecule has 1 aromatic rings. The van der Waals surface area contributed by atoms with E-state index < -0.39 is 17.3 Å². The molecule has 80 valence electrons. The van der Waals surface area contributed by atoms with Gasteiger partial charge in [-0.05, 0) is 40.3 Å². The van der Waals surface area contributed by atoms with Crippen LogP contribution in [0.25, 0.3) is 0 Å². The number of halogens is 4. The maximum absolute atomic E-state index is 12.5. The predicted molar refractivity (Wildman–Crippen MR) is 54.8 cm³/mol. The molecule has 0 atom stereocenters. The summed E-state index contributed by atoms with van der Waals surface area (Å²) in [7, 11) is 0. The molecule has 0 heterocycles. The van der Waals surface area contributed by atoms with Crippen LogP contribution in [0.4, 0.5) is 13.2 Å². The summed E-state index contributed by atoms with van der Waals surface area (Å²) >= 11 is 1.50. The summed E-state index contributed by atoms with van der Waals surface area (Å²) in [4.78, 5) is 0. The highest BCUT2D eigenvalue weighted by molar-refractivity contribution is 14.1. The van der Waals surface area contributed by atoms with Crippen LogP contribution in [0.3, 0.4) is 0 Å². The van der Waals surface area contributed by atoms with Crippen LogP contribution in [0.15, 0.2) is 12.1 Å². The summed E-state index contributed by atoms with van der Waals surface area (Å²) in [5.41, 5.74) is -1.11. The highest BCUT2D eigenvalue weighted by Gasteiger charge is 2.36. The molecule has 6 heteroatoms. The van der Waals surface area contributed by atoms with Crippen molar-refractivity contribution in [2.45, 2.75) is 12.8 Å². The first-order valence-corrected chi connectivity index (χ1v) is 4.88. The van der Waals surface area contributed by atoms with Gasteiger partial charge in [0.15, 0.2) is 0 Å². The van der Waals surface area contributed by atoms with Crippen LogP contribution in [0.5, 0.6) is 0 Å². The number of nitriles is 1. The molecular weight excluding hydrogens is 322 g/mol. The summed E-state index contributed by atoms with van der Waals surface area (Å²) in [6, 6.07) is 3.74. The molecule has 15 heavy (non-hydrogen) atoms. The van der Waals surface area contributed by atoms with Gasteiger partial charge in [0.05, 0.1) is 23.8 Å². The standard InChI is InChI=1S/C9H5F3INO/c10-9(11,12)8-6(3-14)1-5(4-15)2-7(8)13/h1-2,15H,4H2. The number of alkyl halides is 3. The second-order valence-electron chi connectivity index (χ2n) is 2.77. The van der Waals surface area contributed by atoms with Crippen molar-refractivity contribution in [3.8, 4) is 6.07 Å². The van der Waals surface area contributed by atoms with Crippen LogP contribution in [-0.2, 0) is 12.8 Å². The van der Waals surface area contributed by atoms with Gasteiger partial charge in [0.2, 0.25) is 0 Å². The molecule has 0 spiro atoms. The number of hydrogen-bond acceptors (Lipinski definition) is 2. The highest BCUT2D eigenvalue weighted by Crippen LogP contribution is 2.35. The van der Waals surface area contributed by atoms with E-state index in [-0.39, 0.29) is 10.2 Å². The molecule has 0 aliphatic rings. The lowest BCUT2D eigenvalue weighted by atomic mass is 10.0. The highest BCUT2D eigenvalue weighted by atomic mass is 127. The molecule has 0 saturated carbocycles. The van der Waals surface area contributed by atoms with E-state index >= 15 is 0 Å². The third-order valence-electron chi connectivity index (χ3n) is 1.74. The zero-order valence-electron chi connectivity index (χ0n) is 7.27. The molecule has 0 radical (unpaired) electrons. The Labute approximate surface area is 97.5 Å². The van der Waals surface area contributed by atoms with Crippen molar-refractivity contribution in [2.75, 3.05) is 0 Å². The van der Waals surface area contributed by atoms with Crippen LogP contribution in [0.2, 0.25) is 0 Å². The van der Waals surface area contributed by atoms with Crippen molar-refractivity contribution >= 4 is 22.6 Å². The first kappa shape index (κ1) is 12.3. The number of hydrogen-bond donors (Lipinski definition) is 1. The van der Waals surface area contributed by atoms with Crippen molar-refractivity contribution in [3.63, 3.8) is 0 Å². The molecule has 0 fully saturated rings. The number of benzene rings is 1. The fourth-order valence-electron chi connectivity index (χ4n) is 1.13. The van der Waals surface area contributed by atoms with Gasteiger partial charge in [0.25, 0.3) is 0 Å². The normalized spacial score (nSPS) is 11.2. The summed E-state index contributed by atoms with van der Waals surface area (Å²) in [6.45, 7) is -0.386. The Balaban J connectivity index is 3.47. The SMILES string of the molecule is N#Cc1cc(CO)cc(I)c1C(F)(F)F. The molecule has 1 rings (SSSR count). The molecule has 0 bridgehead atoms. The van der Waals surface area contributed by atoms with Crippen LogP contribution < -0.4 is 0 Å². The second-order valence-corrected chi connectivity index (χ2v) is 3.93. The first-order chi connectivity index (χ1) is 6.90. The third-order valence-corrected chi connectivity index (χ3v) is 2.59. The minimum atomic E-state index is -4.55. The van der Waals surface area contributed by atoms with Crippen molar-refractivity contribution in [3.05, 3.63) is 32.4 Å². The van der Waals surface area contributed by atoms with Gasteiger partial charge in [-0.2, -0.15) is 18.4 Å². The lowest BCUT2D eigenvalue weighted by molar-refractivity contribution is -0.138. The quantitative estimate of drug-likeness (QED) is 0.806. The molecule has 0 unspecified atom stereocenters. The maximum Gasteiger partial charge on any atom is 0.418 e. The molecular formula is C9H5F3INO. The average Bonchev–Trinajstić information content (AvgIpc) is 2.14. The second kappa shape index (κ2) is 4.37. The van der Waals surface area contributed by atoms with Crippen LogP contribution >= 0.6 is 22.6 Å². The molecule has 0 aromatic heterocycles. The fourth-order valence-corrected chi connectivity index (χ4v) is 2.13. The van der Waals surface area contributed by atoms with Gasteiger partial charge in [-0.25, -0.2) is 0 Å². The van der Waals surface area contributed by atoms with E-state index in [1.807, 2.05) is 0 Å². The first-order valence-electron chi connectivity index (χ1n) is 3.80. The molecule has 2 nitrogen and oxygen atoms in total. The summed E-state index contributed by atoms with van der Waals surface area (Å²) < 4.78 is 37.5. The Morgan fingerprint density at radius 1 is 1.40 bits per heavy atom. The topological polar surface area (TPSA) is 44.0 Å². The van der Waals surface area contributed by atoms with E-state index in [1.54, 1.807) is 0 Å². The van der Waals surface area contributed by atoms with Gasteiger partial charge < -0.3 is 5.11 Å². The Kier molecular flexibility index (Phi) is 3.57. The van der Waals surface area contributed by atoms with Gasteiger partial charge >= 0.3 is 6.18 Å². The van der Waals surface area contributed by atoms with Gasteiger partial charge in [-0.15, -0.1) is 0 Å². The van der Waals surface area contributed by atoms with E-state index in [1.165, 1.54) is 34.7 Å². The average molecular weight is 327 g/mol. The monoisotopic (exact) mass is 327 g/mol. The van der Waals surface area contributed by atoms with Crippen molar-refractivity contribution in [2.24, 2.45) is 0 Å². The van der Waals surface area contributed by atoms with Gasteiger partial charge in [-0.3, -0.25) is 0 Å². The van der Waals surface area contributed by atoms with Gasteiger partial charge in [0.1, 0.15) is 0 Å². The van der Waals surface area contributed by atoms with E-state index in [0.29, 0.717) is 5.56 Å². The third kappa shape index (κ3) is 2.60. The molecule has 0 saturated heterocycles. The number of aliphatic hydroxyl groups excluding tert-OH is 1. The van der Waals surface area contributed by atoms with Crippen molar-refractivity contribution < 1.29 is 18.3 Å². The smallest absolute Gasteiger partial charge is 0.392 e. The van der Waals surface area contributed by atoms with E-state index in [4.69, 9.17) is 10.4 Å². The molecule has 0 aliphatic carbocycles. The zero-order valence-corrected chi connectivity index (χ0v) is 9.43. The lowest BCUT2D eigenvalue weighted by Crippen LogP contribution is -2.11. The number of aliphatic hydroxyl groups is 1. The van der Waals surface area contributed by atoms with Gasteiger partial charge in [0, 0.05) is 3.57 Å². The Bertz CT molecular complexity index is 423. The van der Waals surface area contributed by atoms with E-state index in [9.17, 15) is 13.2 Å². The number of rotatable bonds is 1. The van der Waals surface area contributed by atoms with Crippen LogP contribution in [0.1, 0.15) is 16.7 Å². The van der Waals surface area contributed by atoms with Gasteiger partial charge in [-0.1, -0.05) is 0 Å². The zero-order chi connectivity index (χ0) is 11.6. The van der Waals surface area contributed by atoms with Crippen LogP contribution in [0, 0.1) is 14.9 Å². The molecule has 1 aromatic carbocycles.